The Labute approximate surface area is 128 Å². The van der Waals surface area contributed by atoms with E-state index in [9.17, 15) is 9.18 Å². The lowest BCUT2D eigenvalue weighted by atomic mass is 10.1. The molecule has 0 aliphatic heterocycles. The van der Waals surface area contributed by atoms with Gasteiger partial charge in [-0.3, -0.25) is 4.79 Å². The number of carbonyl (C=O) groups is 1. The molecule has 0 heterocycles. The molecule has 4 heteroatoms. The van der Waals surface area contributed by atoms with Crippen LogP contribution in [0.2, 0.25) is 0 Å². The Bertz CT molecular complexity index is 727. The van der Waals surface area contributed by atoms with E-state index in [4.69, 9.17) is 0 Å². The van der Waals surface area contributed by atoms with Crippen molar-refractivity contribution in [2.75, 3.05) is 10.6 Å². The van der Waals surface area contributed by atoms with Crippen molar-refractivity contribution in [1.29, 1.82) is 0 Å². The summed E-state index contributed by atoms with van der Waals surface area (Å²) in [5.74, 6) is -0.456. The summed E-state index contributed by atoms with van der Waals surface area (Å²) in [6, 6.07) is 12.6. The van der Waals surface area contributed by atoms with Crippen LogP contribution >= 0.6 is 0 Å². The summed E-state index contributed by atoms with van der Waals surface area (Å²) >= 11 is 0. The predicted molar refractivity (Wildman–Crippen MR) is 86.5 cm³/mol. The first-order valence-corrected chi connectivity index (χ1v) is 7.21. The SMILES string of the molecule is C=CC(=O)Nc1ccc2c(c1)C[C@H](Nc1cccc(F)c1)C2. The molecule has 0 saturated heterocycles. The maximum atomic E-state index is 13.2. The van der Waals surface area contributed by atoms with Crippen molar-refractivity contribution in [1.82, 2.24) is 0 Å². The molecule has 22 heavy (non-hydrogen) atoms. The highest BCUT2D eigenvalue weighted by Crippen LogP contribution is 2.27. The minimum Gasteiger partial charge on any atom is -0.382 e. The highest BCUT2D eigenvalue weighted by molar-refractivity contribution is 5.98. The van der Waals surface area contributed by atoms with Crippen LogP contribution in [0.1, 0.15) is 11.1 Å². The van der Waals surface area contributed by atoms with Crippen LogP contribution in [0.15, 0.2) is 55.1 Å². The first-order valence-electron chi connectivity index (χ1n) is 7.21. The van der Waals surface area contributed by atoms with E-state index in [0.29, 0.717) is 0 Å². The van der Waals surface area contributed by atoms with Crippen LogP contribution < -0.4 is 10.6 Å². The van der Waals surface area contributed by atoms with Gasteiger partial charge in [-0.25, -0.2) is 4.39 Å². The second-order valence-corrected chi connectivity index (χ2v) is 5.44. The molecule has 112 valence electrons. The van der Waals surface area contributed by atoms with Gasteiger partial charge in [-0.1, -0.05) is 18.7 Å². The molecule has 2 aromatic rings. The molecule has 1 atom stereocenters. The molecule has 0 aromatic heterocycles. The summed E-state index contributed by atoms with van der Waals surface area (Å²) in [4.78, 5) is 11.3. The van der Waals surface area contributed by atoms with Gasteiger partial charge in [0.15, 0.2) is 0 Å². The van der Waals surface area contributed by atoms with Crippen LogP contribution in [-0.4, -0.2) is 11.9 Å². The Morgan fingerprint density at radius 2 is 1.95 bits per heavy atom. The fourth-order valence-corrected chi connectivity index (χ4v) is 2.81. The molecular weight excluding hydrogens is 279 g/mol. The summed E-state index contributed by atoms with van der Waals surface area (Å²) in [5.41, 5.74) is 4.02. The summed E-state index contributed by atoms with van der Waals surface area (Å²) in [6.45, 7) is 3.44. The van der Waals surface area contributed by atoms with Gasteiger partial charge in [0.05, 0.1) is 0 Å². The quantitative estimate of drug-likeness (QED) is 0.847. The zero-order valence-electron chi connectivity index (χ0n) is 12.1. The molecular formula is C18H17FN2O. The van der Waals surface area contributed by atoms with E-state index in [-0.39, 0.29) is 17.8 Å². The van der Waals surface area contributed by atoms with Crippen LogP contribution in [0.3, 0.4) is 0 Å². The number of halogens is 1. The fourth-order valence-electron chi connectivity index (χ4n) is 2.81. The summed E-state index contributed by atoms with van der Waals surface area (Å²) in [6.07, 6.45) is 2.99. The van der Waals surface area contributed by atoms with Crippen LogP contribution in [-0.2, 0) is 17.6 Å². The van der Waals surface area contributed by atoms with Crippen LogP contribution in [0.25, 0.3) is 0 Å². The van der Waals surface area contributed by atoms with Gasteiger partial charge in [0.25, 0.3) is 0 Å². The van der Waals surface area contributed by atoms with Crippen molar-refractivity contribution < 1.29 is 9.18 Å². The Morgan fingerprint density at radius 1 is 1.14 bits per heavy atom. The number of fused-ring (bicyclic) bond motifs is 1. The lowest BCUT2D eigenvalue weighted by Gasteiger charge is -2.13. The number of hydrogen-bond donors (Lipinski definition) is 2. The van der Waals surface area contributed by atoms with Gasteiger partial charge in [0.2, 0.25) is 5.91 Å². The Hall–Kier alpha value is -2.62. The van der Waals surface area contributed by atoms with Gasteiger partial charge in [0.1, 0.15) is 5.82 Å². The topological polar surface area (TPSA) is 41.1 Å². The van der Waals surface area contributed by atoms with E-state index in [1.807, 2.05) is 24.3 Å². The van der Waals surface area contributed by atoms with E-state index in [2.05, 4.69) is 17.2 Å². The van der Waals surface area contributed by atoms with Crippen molar-refractivity contribution in [3.8, 4) is 0 Å². The maximum Gasteiger partial charge on any atom is 0.247 e. The number of anilines is 2. The molecule has 0 saturated carbocycles. The molecule has 2 aromatic carbocycles. The minimum absolute atomic E-state index is 0.215. The van der Waals surface area contributed by atoms with E-state index in [1.165, 1.54) is 29.3 Å². The third-order valence-corrected chi connectivity index (χ3v) is 3.79. The van der Waals surface area contributed by atoms with Gasteiger partial charge in [-0.05, 0) is 60.4 Å². The summed E-state index contributed by atoms with van der Waals surface area (Å²) < 4.78 is 13.2. The molecule has 1 aliphatic carbocycles. The lowest BCUT2D eigenvalue weighted by Crippen LogP contribution is -2.19. The van der Waals surface area contributed by atoms with Crippen molar-refractivity contribution in [3.63, 3.8) is 0 Å². The van der Waals surface area contributed by atoms with E-state index in [1.54, 1.807) is 6.07 Å². The molecule has 0 spiro atoms. The fraction of sp³-hybridized carbons (Fsp3) is 0.167. The molecule has 1 amide bonds. The molecule has 0 fully saturated rings. The Morgan fingerprint density at radius 3 is 2.73 bits per heavy atom. The number of benzene rings is 2. The van der Waals surface area contributed by atoms with Gasteiger partial charge in [-0.2, -0.15) is 0 Å². The van der Waals surface area contributed by atoms with Gasteiger partial charge >= 0.3 is 0 Å². The number of nitrogens with one attached hydrogen (secondary N) is 2. The molecule has 3 rings (SSSR count). The predicted octanol–water partition coefficient (Wildman–Crippen LogP) is 3.53. The highest BCUT2D eigenvalue weighted by atomic mass is 19.1. The molecule has 2 N–H and O–H groups in total. The third-order valence-electron chi connectivity index (χ3n) is 3.79. The van der Waals surface area contributed by atoms with Gasteiger partial charge in [-0.15, -0.1) is 0 Å². The number of rotatable bonds is 4. The van der Waals surface area contributed by atoms with E-state index < -0.39 is 0 Å². The highest BCUT2D eigenvalue weighted by Gasteiger charge is 2.21. The lowest BCUT2D eigenvalue weighted by molar-refractivity contribution is -0.111. The van der Waals surface area contributed by atoms with Crippen molar-refractivity contribution in [3.05, 3.63) is 72.1 Å². The smallest absolute Gasteiger partial charge is 0.247 e. The number of amides is 1. The van der Waals surface area contributed by atoms with Crippen LogP contribution in [0.5, 0.6) is 0 Å². The standard InChI is InChI=1S/C18H17FN2O/c1-2-18(22)21-16-7-6-12-8-17(10-13(12)9-16)20-15-5-3-4-14(19)11-15/h2-7,9,11,17,20H,1,8,10H2,(H,21,22)/t17-/m1/s1. The Balaban J connectivity index is 1.70. The van der Waals surface area contributed by atoms with E-state index >= 15 is 0 Å². The monoisotopic (exact) mass is 296 g/mol. The number of hydrogen-bond acceptors (Lipinski definition) is 2. The maximum absolute atomic E-state index is 13.2. The van der Waals surface area contributed by atoms with E-state index in [0.717, 1.165) is 24.2 Å². The Kier molecular flexibility index (Phi) is 3.92. The second kappa shape index (κ2) is 6.02. The average molecular weight is 296 g/mol. The van der Waals surface area contributed by atoms with Crippen LogP contribution in [0.4, 0.5) is 15.8 Å². The van der Waals surface area contributed by atoms with Gasteiger partial charge in [0, 0.05) is 17.4 Å². The van der Waals surface area contributed by atoms with Gasteiger partial charge < -0.3 is 10.6 Å². The van der Waals surface area contributed by atoms with Crippen LogP contribution in [0, 0.1) is 5.82 Å². The first kappa shape index (κ1) is 14.3. The molecule has 0 unspecified atom stereocenters. The number of carbonyl (C=O) groups excluding carboxylic acids is 1. The summed E-state index contributed by atoms with van der Waals surface area (Å²) in [7, 11) is 0. The molecule has 3 nitrogen and oxygen atoms in total. The van der Waals surface area contributed by atoms with Crippen molar-refractivity contribution in [2.45, 2.75) is 18.9 Å². The second-order valence-electron chi connectivity index (χ2n) is 5.44. The summed E-state index contributed by atoms with van der Waals surface area (Å²) in [5, 5.41) is 6.12. The average Bonchev–Trinajstić information content (AvgIpc) is 2.88. The minimum atomic E-state index is -0.241. The van der Waals surface area contributed by atoms with Crippen molar-refractivity contribution >= 4 is 17.3 Å². The third kappa shape index (κ3) is 3.17. The molecule has 0 radical (unpaired) electrons. The zero-order chi connectivity index (χ0) is 15.5. The first-order chi connectivity index (χ1) is 10.6. The zero-order valence-corrected chi connectivity index (χ0v) is 12.1. The molecule has 0 bridgehead atoms. The van der Waals surface area contributed by atoms with Crippen molar-refractivity contribution in [2.24, 2.45) is 0 Å². The largest absolute Gasteiger partial charge is 0.382 e. The normalized spacial score (nSPS) is 16.0. The molecule has 1 aliphatic rings.